The predicted octanol–water partition coefficient (Wildman–Crippen LogP) is 3.66. The van der Waals surface area contributed by atoms with Gasteiger partial charge in [-0.1, -0.05) is 18.9 Å². The van der Waals surface area contributed by atoms with Crippen molar-refractivity contribution in [3.63, 3.8) is 0 Å². The Morgan fingerprint density at radius 2 is 1.95 bits per heavy atom. The van der Waals surface area contributed by atoms with Crippen molar-refractivity contribution in [2.24, 2.45) is 11.8 Å². The molecule has 2 aliphatic rings. The van der Waals surface area contributed by atoms with Gasteiger partial charge < -0.3 is 5.32 Å². The van der Waals surface area contributed by atoms with E-state index in [2.05, 4.69) is 27.7 Å². The molecule has 3 rings (SSSR count). The normalized spacial score (nSPS) is 21.3. The fourth-order valence-electron chi connectivity index (χ4n) is 3.78. The first-order chi connectivity index (χ1) is 10.8. The summed E-state index contributed by atoms with van der Waals surface area (Å²) in [7, 11) is 0. The number of rotatable bonds is 6. The summed E-state index contributed by atoms with van der Waals surface area (Å²) in [5.41, 5.74) is 0. The topological polar surface area (TPSA) is 32.3 Å². The number of hydrogen-bond donors (Lipinski definition) is 1. The largest absolute Gasteiger partial charge is 0.356 e. The highest BCUT2D eigenvalue weighted by atomic mass is 32.1. The molecule has 22 heavy (non-hydrogen) atoms. The SMILES string of the molecule is O=C(CC1CCCC1)NCC1CCN(Cc2cccs2)CC1. The molecule has 1 N–H and O–H groups in total. The van der Waals surface area contributed by atoms with Crippen LogP contribution in [0.1, 0.15) is 49.8 Å². The van der Waals surface area contributed by atoms with E-state index < -0.39 is 0 Å². The van der Waals surface area contributed by atoms with E-state index in [0.717, 1.165) is 19.5 Å². The summed E-state index contributed by atoms with van der Waals surface area (Å²) in [6.45, 7) is 4.32. The van der Waals surface area contributed by atoms with Gasteiger partial charge in [0, 0.05) is 24.4 Å². The number of amides is 1. The van der Waals surface area contributed by atoms with Gasteiger partial charge in [-0.25, -0.2) is 0 Å². The van der Waals surface area contributed by atoms with Crippen molar-refractivity contribution in [2.45, 2.75) is 51.5 Å². The van der Waals surface area contributed by atoms with Gasteiger partial charge in [-0.2, -0.15) is 0 Å². The van der Waals surface area contributed by atoms with Crippen LogP contribution in [0, 0.1) is 11.8 Å². The average Bonchev–Trinajstić information content (AvgIpc) is 3.20. The first-order valence-electron chi connectivity index (χ1n) is 8.81. The van der Waals surface area contributed by atoms with E-state index >= 15 is 0 Å². The minimum absolute atomic E-state index is 0.285. The number of carbonyl (C=O) groups excluding carboxylic acids is 1. The van der Waals surface area contributed by atoms with Crippen molar-refractivity contribution in [3.8, 4) is 0 Å². The van der Waals surface area contributed by atoms with E-state index in [1.165, 1.54) is 56.5 Å². The Morgan fingerprint density at radius 1 is 1.18 bits per heavy atom. The Balaban J connectivity index is 1.31. The zero-order chi connectivity index (χ0) is 15.2. The quantitative estimate of drug-likeness (QED) is 0.867. The molecule has 1 saturated carbocycles. The van der Waals surface area contributed by atoms with Crippen LogP contribution in [0.5, 0.6) is 0 Å². The lowest BCUT2D eigenvalue weighted by atomic mass is 9.96. The number of nitrogens with one attached hydrogen (secondary N) is 1. The van der Waals surface area contributed by atoms with Gasteiger partial charge in [0.1, 0.15) is 0 Å². The second-order valence-electron chi connectivity index (χ2n) is 6.96. The molecular formula is C18H28N2OS. The summed E-state index contributed by atoms with van der Waals surface area (Å²) in [6.07, 6.45) is 8.35. The summed E-state index contributed by atoms with van der Waals surface area (Å²) < 4.78 is 0. The van der Waals surface area contributed by atoms with E-state index in [0.29, 0.717) is 11.8 Å². The maximum absolute atomic E-state index is 12.0. The standard InChI is InChI=1S/C18H28N2OS/c21-18(12-15-4-1-2-5-15)19-13-16-7-9-20(10-8-16)14-17-6-3-11-22-17/h3,6,11,15-16H,1-2,4-5,7-10,12-14H2,(H,19,21). The molecule has 0 bridgehead atoms. The predicted molar refractivity (Wildman–Crippen MR) is 91.9 cm³/mol. The zero-order valence-corrected chi connectivity index (χ0v) is 14.2. The molecule has 0 unspecified atom stereocenters. The molecule has 2 fully saturated rings. The minimum Gasteiger partial charge on any atom is -0.356 e. The fraction of sp³-hybridized carbons (Fsp3) is 0.722. The Morgan fingerprint density at radius 3 is 2.64 bits per heavy atom. The number of likely N-dealkylation sites (tertiary alicyclic amines) is 1. The number of nitrogens with zero attached hydrogens (tertiary/aromatic N) is 1. The van der Waals surface area contributed by atoms with Gasteiger partial charge in [-0.05, 0) is 62.1 Å². The molecule has 1 aliphatic carbocycles. The molecule has 122 valence electrons. The van der Waals surface area contributed by atoms with Crippen LogP contribution in [0.15, 0.2) is 17.5 Å². The smallest absolute Gasteiger partial charge is 0.220 e. The van der Waals surface area contributed by atoms with Crippen molar-refractivity contribution in [1.82, 2.24) is 10.2 Å². The van der Waals surface area contributed by atoms with Crippen LogP contribution < -0.4 is 5.32 Å². The third-order valence-electron chi connectivity index (χ3n) is 5.20. The van der Waals surface area contributed by atoms with E-state index in [4.69, 9.17) is 0 Å². The average molecular weight is 321 g/mol. The lowest BCUT2D eigenvalue weighted by molar-refractivity contribution is -0.122. The Hall–Kier alpha value is -0.870. The van der Waals surface area contributed by atoms with E-state index in [9.17, 15) is 4.79 Å². The van der Waals surface area contributed by atoms with Crippen LogP contribution in [0.25, 0.3) is 0 Å². The molecule has 3 nitrogen and oxygen atoms in total. The number of hydrogen-bond acceptors (Lipinski definition) is 3. The third kappa shape index (κ3) is 4.82. The first kappa shape index (κ1) is 16.0. The number of carbonyl (C=O) groups is 1. The van der Waals surface area contributed by atoms with Crippen LogP contribution in [-0.4, -0.2) is 30.4 Å². The molecule has 1 aromatic heterocycles. The van der Waals surface area contributed by atoms with E-state index in [-0.39, 0.29) is 5.91 Å². The summed E-state index contributed by atoms with van der Waals surface area (Å²) in [6, 6.07) is 4.35. The Labute approximate surface area is 138 Å². The van der Waals surface area contributed by atoms with Crippen LogP contribution in [0.4, 0.5) is 0 Å². The summed E-state index contributed by atoms with van der Waals surface area (Å²) >= 11 is 1.85. The molecule has 4 heteroatoms. The van der Waals surface area contributed by atoms with Gasteiger partial charge >= 0.3 is 0 Å². The summed E-state index contributed by atoms with van der Waals surface area (Å²) in [5.74, 6) is 1.62. The molecule has 1 saturated heterocycles. The zero-order valence-electron chi connectivity index (χ0n) is 13.4. The Kier molecular flexibility index (Phi) is 5.90. The molecular weight excluding hydrogens is 292 g/mol. The second kappa shape index (κ2) is 8.11. The molecule has 1 aliphatic heterocycles. The highest BCUT2D eigenvalue weighted by Crippen LogP contribution is 2.27. The molecule has 0 radical (unpaired) electrons. The molecule has 0 atom stereocenters. The molecule has 0 aromatic carbocycles. The lowest BCUT2D eigenvalue weighted by Crippen LogP contribution is -2.38. The van der Waals surface area contributed by atoms with Gasteiger partial charge in [-0.3, -0.25) is 9.69 Å². The van der Waals surface area contributed by atoms with Crippen molar-refractivity contribution in [3.05, 3.63) is 22.4 Å². The maximum Gasteiger partial charge on any atom is 0.220 e. The summed E-state index contributed by atoms with van der Waals surface area (Å²) in [4.78, 5) is 16.0. The number of thiophene rings is 1. The highest BCUT2D eigenvalue weighted by Gasteiger charge is 2.21. The highest BCUT2D eigenvalue weighted by molar-refractivity contribution is 7.09. The monoisotopic (exact) mass is 320 g/mol. The lowest BCUT2D eigenvalue weighted by Gasteiger charge is -2.31. The molecule has 1 aromatic rings. The van der Waals surface area contributed by atoms with Crippen molar-refractivity contribution < 1.29 is 4.79 Å². The van der Waals surface area contributed by atoms with Gasteiger partial charge in [0.2, 0.25) is 5.91 Å². The first-order valence-corrected chi connectivity index (χ1v) is 9.69. The summed E-state index contributed by atoms with van der Waals surface area (Å²) in [5, 5.41) is 5.34. The second-order valence-corrected chi connectivity index (χ2v) is 7.99. The number of piperidine rings is 1. The van der Waals surface area contributed by atoms with Gasteiger partial charge in [0.05, 0.1) is 0 Å². The van der Waals surface area contributed by atoms with E-state index in [1.807, 2.05) is 11.3 Å². The van der Waals surface area contributed by atoms with Crippen molar-refractivity contribution in [1.29, 1.82) is 0 Å². The van der Waals surface area contributed by atoms with Crippen LogP contribution in [0.2, 0.25) is 0 Å². The minimum atomic E-state index is 0.285. The fourth-order valence-corrected chi connectivity index (χ4v) is 4.52. The van der Waals surface area contributed by atoms with Crippen LogP contribution >= 0.6 is 11.3 Å². The molecule has 0 spiro atoms. The van der Waals surface area contributed by atoms with Gasteiger partial charge in [0.15, 0.2) is 0 Å². The van der Waals surface area contributed by atoms with Gasteiger partial charge in [0.25, 0.3) is 0 Å². The van der Waals surface area contributed by atoms with Crippen molar-refractivity contribution >= 4 is 17.2 Å². The molecule has 2 heterocycles. The van der Waals surface area contributed by atoms with E-state index in [1.54, 1.807) is 0 Å². The van der Waals surface area contributed by atoms with Crippen LogP contribution in [0.3, 0.4) is 0 Å². The van der Waals surface area contributed by atoms with Gasteiger partial charge in [-0.15, -0.1) is 11.3 Å². The van der Waals surface area contributed by atoms with Crippen LogP contribution in [-0.2, 0) is 11.3 Å². The Bertz CT molecular complexity index is 446. The third-order valence-corrected chi connectivity index (χ3v) is 6.06. The van der Waals surface area contributed by atoms with Crippen molar-refractivity contribution in [2.75, 3.05) is 19.6 Å². The molecule has 1 amide bonds. The maximum atomic E-state index is 12.0.